The normalized spacial score (nSPS) is 10.3. The van der Waals surface area contributed by atoms with Crippen molar-refractivity contribution in [1.29, 1.82) is 0 Å². The summed E-state index contributed by atoms with van der Waals surface area (Å²) in [4.78, 5) is 30.4. The standard InChI is InChI=1S/C14H16N4O6/c1-22-6-4-5(9(20)11(24-3)10(6)23-2)8(19)7-12(15)17-14(16)18-13(7)21/h4,20H,1-3H3,(H5,15,16,17,18,21). The van der Waals surface area contributed by atoms with Crippen LogP contribution in [0.25, 0.3) is 0 Å². The third-order valence-corrected chi connectivity index (χ3v) is 3.24. The van der Waals surface area contributed by atoms with Gasteiger partial charge in [-0.2, -0.15) is 4.98 Å². The number of hydrogen-bond acceptors (Lipinski definition) is 9. The molecule has 1 heterocycles. The molecule has 24 heavy (non-hydrogen) atoms. The molecular weight excluding hydrogens is 320 g/mol. The molecule has 0 saturated heterocycles. The summed E-state index contributed by atoms with van der Waals surface area (Å²) >= 11 is 0. The number of nitrogens with two attached hydrogens (primary N) is 2. The summed E-state index contributed by atoms with van der Waals surface area (Å²) in [5.41, 5.74) is 9.40. The molecule has 0 aliphatic heterocycles. The fourth-order valence-electron chi connectivity index (χ4n) is 2.18. The number of H-pyrrole nitrogens is 1. The molecule has 0 radical (unpaired) electrons. The predicted molar refractivity (Wildman–Crippen MR) is 84.9 cm³/mol. The number of nitrogens with one attached hydrogen (secondary N) is 1. The third kappa shape index (κ3) is 2.64. The molecule has 128 valence electrons. The van der Waals surface area contributed by atoms with Gasteiger partial charge in [0.2, 0.25) is 23.2 Å². The summed E-state index contributed by atoms with van der Waals surface area (Å²) in [5, 5.41) is 10.3. The molecule has 6 N–H and O–H groups in total. The van der Waals surface area contributed by atoms with Crippen molar-refractivity contribution >= 4 is 17.5 Å². The van der Waals surface area contributed by atoms with E-state index in [-0.39, 0.29) is 34.6 Å². The van der Waals surface area contributed by atoms with Crippen LogP contribution in [0.2, 0.25) is 0 Å². The van der Waals surface area contributed by atoms with Crippen molar-refractivity contribution in [3.63, 3.8) is 0 Å². The van der Waals surface area contributed by atoms with Gasteiger partial charge in [-0.1, -0.05) is 0 Å². The van der Waals surface area contributed by atoms with E-state index in [1.165, 1.54) is 27.4 Å². The zero-order valence-corrected chi connectivity index (χ0v) is 13.2. The first-order chi connectivity index (χ1) is 11.3. The van der Waals surface area contributed by atoms with Gasteiger partial charge in [0.15, 0.2) is 11.5 Å². The van der Waals surface area contributed by atoms with E-state index in [0.29, 0.717) is 0 Å². The van der Waals surface area contributed by atoms with Gasteiger partial charge in [-0.15, -0.1) is 0 Å². The first kappa shape index (κ1) is 16.9. The lowest BCUT2D eigenvalue weighted by atomic mass is 10.0. The molecule has 0 amide bonds. The zero-order valence-electron chi connectivity index (χ0n) is 13.2. The minimum absolute atomic E-state index is 0.0892. The maximum atomic E-state index is 12.7. The van der Waals surface area contributed by atoms with E-state index in [1.807, 2.05) is 0 Å². The van der Waals surface area contributed by atoms with E-state index in [4.69, 9.17) is 25.7 Å². The van der Waals surface area contributed by atoms with E-state index in [2.05, 4.69) is 9.97 Å². The lowest BCUT2D eigenvalue weighted by molar-refractivity contribution is 0.103. The molecule has 1 aromatic carbocycles. The maximum absolute atomic E-state index is 12.7. The summed E-state index contributed by atoms with van der Waals surface area (Å²) in [6, 6.07) is 1.20. The van der Waals surface area contributed by atoms with Crippen LogP contribution < -0.4 is 31.2 Å². The summed E-state index contributed by atoms with van der Waals surface area (Å²) in [5.74, 6) is -1.93. The highest BCUT2D eigenvalue weighted by atomic mass is 16.5. The number of nitrogen functional groups attached to an aromatic ring is 2. The lowest BCUT2D eigenvalue weighted by Gasteiger charge is -2.16. The van der Waals surface area contributed by atoms with Gasteiger partial charge in [0.25, 0.3) is 5.56 Å². The number of phenols is 1. The number of aromatic hydroxyl groups is 1. The lowest BCUT2D eigenvalue weighted by Crippen LogP contribution is -2.23. The van der Waals surface area contributed by atoms with Gasteiger partial charge in [-0.25, -0.2) is 0 Å². The Labute approximate surface area is 136 Å². The molecule has 1 aromatic heterocycles. The highest BCUT2D eigenvalue weighted by molar-refractivity contribution is 6.13. The van der Waals surface area contributed by atoms with E-state index in [1.54, 1.807) is 0 Å². The van der Waals surface area contributed by atoms with Gasteiger partial charge in [0, 0.05) is 0 Å². The molecule has 0 fully saturated rings. The number of methoxy groups -OCH3 is 3. The second-order valence-corrected chi connectivity index (χ2v) is 4.58. The number of ether oxygens (including phenoxy) is 3. The Kier molecular flexibility index (Phi) is 4.49. The fourth-order valence-corrected chi connectivity index (χ4v) is 2.18. The second kappa shape index (κ2) is 6.36. The number of aromatic amines is 1. The van der Waals surface area contributed by atoms with Gasteiger partial charge in [0.1, 0.15) is 11.4 Å². The molecule has 0 aliphatic rings. The Balaban J connectivity index is 2.74. The first-order valence-electron chi connectivity index (χ1n) is 6.57. The van der Waals surface area contributed by atoms with Crippen molar-refractivity contribution in [3.05, 3.63) is 27.5 Å². The van der Waals surface area contributed by atoms with Gasteiger partial charge >= 0.3 is 0 Å². The largest absolute Gasteiger partial charge is 0.504 e. The number of hydrogen-bond donors (Lipinski definition) is 4. The van der Waals surface area contributed by atoms with Crippen molar-refractivity contribution in [2.45, 2.75) is 0 Å². The molecule has 0 bridgehead atoms. The van der Waals surface area contributed by atoms with Gasteiger partial charge < -0.3 is 30.8 Å². The van der Waals surface area contributed by atoms with Crippen LogP contribution >= 0.6 is 0 Å². The maximum Gasteiger partial charge on any atom is 0.265 e. The highest BCUT2D eigenvalue weighted by Gasteiger charge is 2.27. The van der Waals surface area contributed by atoms with Gasteiger partial charge in [-0.3, -0.25) is 14.6 Å². The molecular formula is C14H16N4O6. The smallest absolute Gasteiger partial charge is 0.265 e. The van der Waals surface area contributed by atoms with Crippen molar-refractivity contribution in [2.75, 3.05) is 32.8 Å². The monoisotopic (exact) mass is 336 g/mol. The average Bonchev–Trinajstić information content (AvgIpc) is 2.52. The molecule has 10 nitrogen and oxygen atoms in total. The number of aromatic nitrogens is 2. The molecule has 0 aliphatic carbocycles. The average molecular weight is 336 g/mol. The number of ketones is 1. The Morgan fingerprint density at radius 2 is 1.79 bits per heavy atom. The number of nitrogens with zero attached hydrogens (tertiary/aromatic N) is 1. The van der Waals surface area contributed by atoms with Crippen molar-refractivity contribution in [2.24, 2.45) is 0 Å². The zero-order chi connectivity index (χ0) is 18.0. The van der Waals surface area contributed by atoms with Crippen LogP contribution in [0.4, 0.5) is 11.8 Å². The molecule has 0 saturated carbocycles. The summed E-state index contributed by atoms with van der Waals surface area (Å²) < 4.78 is 15.3. The van der Waals surface area contributed by atoms with Crippen LogP contribution in [-0.4, -0.2) is 42.2 Å². The molecule has 2 aromatic rings. The van der Waals surface area contributed by atoms with Crippen molar-refractivity contribution in [1.82, 2.24) is 9.97 Å². The van der Waals surface area contributed by atoms with Crippen molar-refractivity contribution < 1.29 is 24.1 Å². The Morgan fingerprint density at radius 3 is 2.29 bits per heavy atom. The van der Waals surface area contributed by atoms with Crippen LogP contribution in [0.1, 0.15) is 15.9 Å². The summed E-state index contributed by atoms with van der Waals surface area (Å²) in [6.45, 7) is 0. The van der Waals surface area contributed by atoms with Crippen LogP contribution in [0.3, 0.4) is 0 Å². The topological polar surface area (TPSA) is 163 Å². The van der Waals surface area contributed by atoms with Crippen LogP contribution in [0, 0.1) is 0 Å². The van der Waals surface area contributed by atoms with Crippen LogP contribution in [0.5, 0.6) is 23.0 Å². The Bertz CT molecular complexity index is 861. The molecule has 0 spiro atoms. The van der Waals surface area contributed by atoms with Crippen molar-refractivity contribution in [3.8, 4) is 23.0 Å². The van der Waals surface area contributed by atoms with Crippen LogP contribution in [0.15, 0.2) is 10.9 Å². The summed E-state index contributed by atoms with van der Waals surface area (Å²) in [7, 11) is 3.96. The second-order valence-electron chi connectivity index (χ2n) is 4.58. The Hall–Kier alpha value is -3.43. The SMILES string of the molecule is COc1cc(C(=O)c2c(N)nc(N)[nH]c2=O)c(O)c(OC)c1OC. The van der Waals surface area contributed by atoms with E-state index < -0.39 is 22.7 Å². The molecule has 2 rings (SSSR count). The molecule has 0 unspecified atom stereocenters. The fraction of sp³-hybridized carbons (Fsp3) is 0.214. The quantitative estimate of drug-likeness (QED) is 0.546. The molecule has 0 atom stereocenters. The minimum atomic E-state index is -0.877. The van der Waals surface area contributed by atoms with E-state index >= 15 is 0 Å². The summed E-state index contributed by atoms with van der Waals surface area (Å²) in [6.07, 6.45) is 0. The van der Waals surface area contributed by atoms with E-state index in [0.717, 1.165) is 0 Å². The van der Waals surface area contributed by atoms with Gasteiger partial charge in [0.05, 0.1) is 26.9 Å². The predicted octanol–water partition coefficient (Wildman–Crippen LogP) is -0.103. The highest BCUT2D eigenvalue weighted by Crippen LogP contribution is 2.46. The number of benzene rings is 1. The number of phenolic OH excluding ortho intramolecular Hbond substituents is 1. The molecule has 10 heteroatoms. The Morgan fingerprint density at radius 1 is 1.17 bits per heavy atom. The first-order valence-corrected chi connectivity index (χ1v) is 6.57. The number of rotatable bonds is 5. The third-order valence-electron chi connectivity index (χ3n) is 3.24. The number of carbonyl (C=O) groups is 1. The minimum Gasteiger partial charge on any atom is -0.504 e. The number of anilines is 2. The van der Waals surface area contributed by atoms with Crippen LogP contribution in [-0.2, 0) is 0 Å². The van der Waals surface area contributed by atoms with Gasteiger partial charge in [-0.05, 0) is 6.07 Å². The number of carbonyl (C=O) groups excluding carboxylic acids is 1. The van der Waals surface area contributed by atoms with E-state index in [9.17, 15) is 14.7 Å².